The van der Waals surface area contributed by atoms with Gasteiger partial charge in [-0.15, -0.1) is 0 Å². The highest BCUT2D eigenvalue weighted by molar-refractivity contribution is 6.42. The standard InChI is InChI=1S/C14H19Cl2N3O2/c1-3-19(8-9(2)14(17)18-21)13(20)7-10-4-5-11(15)12(16)6-10/h4-6,9,21H,3,7-8H2,1-2H3,(H2,17,18). The van der Waals surface area contributed by atoms with E-state index in [1.165, 1.54) is 0 Å². The molecular weight excluding hydrogens is 313 g/mol. The third kappa shape index (κ3) is 5.10. The Kier molecular flexibility index (Phi) is 6.78. The van der Waals surface area contributed by atoms with E-state index in [9.17, 15) is 4.79 Å². The minimum absolute atomic E-state index is 0.0477. The molecule has 1 rings (SSSR count). The summed E-state index contributed by atoms with van der Waals surface area (Å²) in [6, 6.07) is 5.12. The second-order valence-electron chi connectivity index (χ2n) is 4.78. The minimum atomic E-state index is -0.215. The largest absolute Gasteiger partial charge is 0.409 e. The zero-order chi connectivity index (χ0) is 16.0. The van der Waals surface area contributed by atoms with E-state index in [-0.39, 0.29) is 24.1 Å². The summed E-state index contributed by atoms with van der Waals surface area (Å²) in [6.45, 7) is 4.62. The minimum Gasteiger partial charge on any atom is -0.409 e. The highest BCUT2D eigenvalue weighted by Crippen LogP contribution is 2.23. The number of amides is 1. The molecule has 0 aliphatic carbocycles. The van der Waals surface area contributed by atoms with Crippen molar-refractivity contribution in [3.8, 4) is 0 Å². The maximum absolute atomic E-state index is 12.3. The zero-order valence-corrected chi connectivity index (χ0v) is 13.5. The molecular formula is C14H19Cl2N3O2. The Morgan fingerprint density at radius 2 is 2.10 bits per heavy atom. The first-order valence-electron chi connectivity index (χ1n) is 6.58. The SMILES string of the molecule is CCN(CC(C)C(N)=NO)C(=O)Cc1ccc(Cl)c(Cl)c1. The number of carbonyl (C=O) groups is 1. The molecule has 1 unspecified atom stereocenters. The molecule has 0 aromatic heterocycles. The first-order chi connectivity index (χ1) is 9.88. The first-order valence-corrected chi connectivity index (χ1v) is 7.33. The van der Waals surface area contributed by atoms with Crippen molar-refractivity contribution in [2.45, 2.75) is 20.3 Å². The molecule has 1 atom stereocenters. The van der Waals surface area contributed by atoms with E-state index in [0.717, 1.165) is 5.56 Å². The monoisotopic (exact) mass is 331 g/mol. The summed E-state index contributed by atoms with van der Waals surface area (Å²) in [7, 11) is 0. The Labute approximate surface area is 134 Å². The number of nitrogens with two attached hydrogens (primary N) is 1. The predicted octanol–water partition coefficient (Wildman–Crippen LogP) is 2.77. The molecule has 0 radical (unpaired) electrons. The molecule has 21 heavy (non-hydrogen) atoms. The van der Waals surface area contributed by atoms with E-state index in [0.29, 0.717) is 23.1 Å². The van der Waals surface area contributed by atoms with Crippen molar-refractivity contribution in [1.29, 1.82) is 0 Å². The molecule has 1 aromatic carbocycles. The predicted molar refractivity (Wildman–Crippen MR) is 85.0 cm³/mol. The van der Waals surface area contributed by atoms with Crippen molar-refractivity contribution in [3.05, 3.63) is 33.8 Å². The fourth-order valence-electron chi connectivity index (χ4n) is 1.87. The quantitative estimate of drug-likeness (QED) is 0.364. The molecule has 0 saturated heterocycles. The van der Waals surface area contributed by atoms with Gasteiger partial charge in [-0.3, -0.25) is 4.79 Å². The molecule has 5 nitrogen and oxygen atoms in total. The van der Waals surface area contributed by atoms with Crippen LogP contribution in [0.1, 0.15) is 19.4 Å². The number of carbonyl (C=O) groups excluding carboxylic acids is 1. The Morgan fingerprint density at radius 1 is 1.43 bits per heavy atom. The number of rotatable bonds is 6. The second-order valence-corrected chi connectivity index (χ2v) is 5.60. The van der Waals surface area contributed by atoms with Crippen LogP contribution >= 0.6 is 23.2 Å². The van der Waals surface area contributed by atoms with Crippen LogP contribution in [0.4, 0.5) is 0 Å². The van der Waals surface area contributed by atoms with Crippen LogP contribution in [0.5, 0.6) is 0 Å². The van der Waals surface area contributed by atoms with E-state index < -0.39 is 0 Å². The number of hydrogen-bond donors (Lipinski definition) is 2. The summed E-state index contributed by atoms with van der Waals surface area (Å²) in [5, 5.41) is 12.5. The maximum Gasteiger partial charge on any atom is 0.227 e. The van der Waals surface area contributed by atoms with Gasteiger partial charge in [0, 0.05) is 19.0 Å². The number of nitrogens with zero attached hydrogens (tertiary/aromatic N) is 2. The van der Waals surface area contributed by atoms with Gasteiger partial charge in [0.1, 0.15) is 5.84 Å². The van der Waals surface area contributed by atoms with Gasteiger partial charge in [-0.2, -0.15) is 0 Å². The molecule has 116 valence electrons. The number of hydrogen-bond acceptors (Lipinski definition) is 3. The highest BCUT2D eigenvalue weighted by atomic mass is 35.5. The van der Waals surface area contributed by atoms with Crippen molar-refractivity contribution < 1.29 is 10.0 Å². The van der Waals surface area contributed by atoms with E-state index >= 15 is 0 Å². The van der Waals surface area contributed by atoms with Crippen molar-refractivity contribution in [2.24, 2.45) is 16.8 Å². The van der Waals surface area contributed by atoms with Crippen molar-refractivity contribution in [1.82, 2.24) is 4.90 Å². The molecule has 0 spiro atoms. The van der Waals surface area contributed by atoms with Crippen LogP contribution in [0.2, 0.25) is 10.0 Å². The van der Waals surface area contributed by atoms with Crippen molar-refractivity contribution in [2.75, 3.05) is 13.1 Å². The van der Waals surface area contributed by atoms with Crippen molar-refractivity contribution in [3.63, 3.8) is 0 Å². The Balaban J connectivity index is 2.73. The third-order valence-corrected chi connectivity index (χ3v) is 3.93. The summed E-state index contributed by atoms with van der Waals surface area (Å²) >= 11 is 11.8. The Hall–Kier alpha value is -1.46. The van der Waals surface area contributed by atoms with Crippen molar-refractivity contribution >= 4 is 34.9 Å². The van der Waals surface area contributed by atoms with Gasteiger partial charge in [-0.25, -0.2) is 0 Å². The fourth-order valence-corrected chi connectivity index (χ4v) is 2.19. The average molecular weight is 332 g/mol. The molecule has 1 aromatic rings. The van der Waals surface area contributed by atoms with E-state index in [1.54, 1.807) is 30.0 Å². The van der Waals surface area contributed by atoms with Gasteiger partial charge in [-0.05, 0) is 24.6 Å². The summed E-state index contributed by atoms with van der Waals surface area (Å²) in [5.41, 5.74) is 6.33. The first kappa shape index (κ1) is 17.6. The number of halogens is 2. The summed E-state index contributed by atoms with van der Waals surface area (Å²) in [5.74, 6) is -0.156. The number of oxime groups is 1. The van der Waals surface area contributed by atoms with E-state index in [2.05, 4.69) is 5.16 Å². The van der Waals surface area contributed by atoms with Gasteiger partial charge in [-0.1, -0.05) is 41.3 Å². The summed E-state index contributed by atoms with van der Waals surface area (Å²) in [4.78, 5) is 14.0. The molecule has 0 bridgehead atoms. The molecule has 3 N–H and O–H groups in total. The third-order valence-electron chi connectivity index (χ3n) is 3.19. The van der Waals surface area contributed by atoms with Crippen LogP contribution < -0.4 is 5.73 Å². The number of likely N-dealkylation sites (N-methyl/N-ethyl adjacent to an activating group) is 1. The lowest BCUT2D eigenvalue weighted by Gasteiger charge is -2.24. The Morgan fingerprint density at radius 3 is 2.62 bits per heavy atom. The molecule has 0 aliphatic rings. The molecule has 0 aliphatic heterocycles. The smallest absolute Gasteiger partial charge is 0.227 e. The Bertz CT molecular complexity index is 535. The molecule has 1 amide bonds. The fraction of sp³-hybridized carbons (Fsp3) is 0.429. The van der Waals surface area contributed by atoms with Gasteiger partial charge in [0.2, 0.25) is 5.91 Å². The second kappa shape index (κ2) is 8.10. The highest BCUT2D eigenvalue weighted by Gasteiger charge is 2.18. The zero-order valence-electron chi connectivity index (χ0n) is 12.0. The lowest BCUT2D eigenvalue weighted by molar-refractivity contribution is -0.130. The lowest BCUT2D eigenvalue weighted by atomic mass is 10.1. The van der Waals surface area contributed by atoms with E-state index in [1.807, 2.05) is 6.92 Å². The van der Waals surface area contributed by atoms with E-state index in [4.69, 9.17) is 34.1 Å². The molecule has 7 heteroatoms. The lowest BCUT2D eigenvalue weighted by Crippen LogP contribution is -2.39. The molecule has 0 saturated carbocycles. The number of amidine groups is 1. The van der Waals surface area contributed by atoms with Crippen LogP contribution in [0.25, 0.3) is 0 Å². The van der Waals surface area contributed by atoms with Crippen LogP contribution in [0.3, 0.4) is 0 Å². The van der Waals surface area contributed by atoms with Crippen LogP contribution in [-0.4, -0.2) is 34.9 Å². The van der Waals surface area contributed by atoms with Gasteiger partial charge >= 0.3 is 0 Å². The average Bonchev–Trinajstić information content (AvgIpc) is 2.47. The van der Waals surface area contributed by atoms with Crippen LogP contribution in [0, 0.1) is 5.92 Å². The van der Waals surface area contributed by atoms with Gasteiger partial charge in [0.25, 0.3) is 0 Å². The number of benzene rings is 1. The summed E-state index contributed by atoms with van der Waals surface area (Å²) < 4.78 is 0. The van der Waals surface area contributed by atoms with Gasteiger partial charge in [0.15, 0.2) is 0 Å². The molecule has 0 fully saturated rings. The van der Waals surface area contributed by atoms with Gasteiger partial charge in [0.05, 0.1) is 16.5 Å². The van der Waals surface area contributed by atoms with Crippen LogP contribution in [-0.2, 0) is 11.2 Å². The van der Waals surface area contributed by atoms with Gasteiger partial charge < -0.3 is 15.8 Å². The summed E-state index contributed by atoms with van der Waals surface area (Å²) in [6.07, 6.45) is 0.230. The maximum atomic E-state index is 12.3. The van der Waals surface area contributed by atoms with Crippen LogP contribution in [0.15, 0.2) is 23.4 Å². The topological polar surface area (TPSA) is 78.9 Å². The normalized spacial score (nSPS) is 13.0. The molecule has 0 heterocycles.